The molecule has 1 aromatic rings. The van der Waals surface area contributed by atoms with Gasteiger partial charge in [-0.15, -0.1) is 18.3 Å². The summed E-state index contributed by atoms with van der Waals surface area (Å²) in [5.41, 5.74) is -0.473. The van der Waals surface area contributed by atoms with Crippen LogP contribution in [0.3, 0.4) is 0 Å². The van der Waals surface area contributed by atoms with E-state index in [1.54, 1.807) is 0 Å². The summed E-state index contributed by atoms with van der Waals surface area (Å²) in [7, 11) is 0. The van der Waals surface area contributed by atoms with Gasteiger partial charge in [-0.3, -0.25) is 14.4 Å². The van der Waals surface area contributed by atoms with E-state index in [2.05, 4.69) is 38.0 Å². The third-order valence-corrected chi connectivity index (χ3v) is 12.6. The zero-order valence-corrected chi connectivity index (χ0v) is 26.4. The highest BCUT2D eigenvalue weighted by molar-refractivity contribution is 8.00. The third kappa shape index (κ3) is 5.48. The highest BCUT2D eigenvalue weighted by Gasteiger charge is 2.68. The molecule has 1 aliphatic heterocycles. The molecule has 3 unspecified atom stereocenters. The molecule has 5 rings (SSSR count). The average molecular weight is 597 g/mol. The number of ketones is 1. The van der Waals surface area contributed by atoms with Gasteiger partial charge in [-0.2, -0.15) is 0 Å². The molecule has 0 radical (unpaired) electrons. The minimum atomic E-state index is -0.676. The molecule has 8 heteroatoms. The van der Waals surface area contributed by atoms with E-state index < -0.39 is 23.0 Å². The van der Waals surface area contributed by atoms with Crippen molar-refractivity contribution < 1.29 is 24.2 Å². The van der Waals surface area contributed by atoms with Crippen LogP contribution < -0.4 is 10.6 Å². The van der Waals surface area contributed by atoms with E-state index in [-0.39, 0.29) is 52.6 Å². The van der Waals surface area contributed by atoms with Crippen molar-refractivity contribution in [3.05, 3.63) is 42.5 Å². The van der Waals surface area contributed by atoms with Crippen molar-refractivity contribution in [2.75, 3.05) is 12.3 Å². The number of Topliss-reactive ketones (excluding diaryl/α,β-unsaturated/α-hetero) is 1. The van der Waals surface area contributed by atoms with E-state index in [9.17, 15) is 19.5 Å². The van der Waals surface area contributed by atoms with E-state index in [1.807, 2.05) is 37.3 Å². The molecule has 230 valence electrons. The number of hydrogen-bond acceptors (Lipinski definition) is 7. The maximum absolute atomic E-state index is 13.6. The fourth-order valence-corrected chi connectivity index (χ4v) is 9.56. The Morgan fingerprint density at radius 1 is 1.24 bits per heavy atom. The minimum Gasteiger partial charge on any atom is -0.461 e. The zero-order chi connectivity index (χ0) is 30.3. The number of carbonyl (C=O) groups is 3. The van der Waals surface area contributed by atoms with Crippen molar-refractivity contribution >= 4 is 29.4 Å². The van der Waals surface area contributed by atoms with Crippen molar-refractivity contribution in [1.82, 2.24) is 10.6 Å². The molecule has 4 aliphatic rings. The van der Waals surface area contributed by atoms with Gasteiger partial charge in [0.05, 0.1) is 17.9 Å². The topological polar surface area (TPSA) is 105 Å². The summed E-state index contributed by atoms with van der Waals surface area (Å²) in [5, 5.41) is 17.9. The normalized spacial score (nSPS) is 39.6. The van der Waals surface area contributed by atoms with Gasteiger partial charge >= 0.3 is 5.97 Å². The molecular formula is C34H48N2O5S. The number of aliphatic hydroxyl groups excluding tert-OH is 1. The van der Waals surface area contributed by atoms with Gasteiger partial charge in [-0.25, -0.2) is 0 Å². The van der Waals surface area contributed by atoms with E-state index in [4.69, 9.17) is 4.74 Å². The maximum Gasteiger partial charge on any atom is 0.316 e. The number of amides is 1. The lowest BCUT2D eigenvalue weighted by atomic mass is 9.44. The Bertz CT molecular complexity index is 1220. The fourth-order valence-electron chi connectivity index (χ4n) is 8.80. The van der Waals surface area contributed by atoms with Crippen LogP contribution in [0.4, 0.5) is 0 Å². The number of benzene rings is 1. The molecule has 1 aromatic carbocycles. The smallest absolute Gasteiger partial charge is 0.316 e. The number of ether oxygens (including phenoxy) is 1. The molecule has 1 amide bonds. The molecule has 42 heavy (non-hydrogen) atoms. The Labute approximate surface area is 255 Å². The standard InChI is InChI=1S/C34H48N2O5S/c1-6-32(4)18-27(33(5)21(2)12-14-34(22(3)30(32)39)15-13-26(37)29(33)34)41-28(38)20-42-24-10-7-9-23(17-24)19-36-31(40)25-11-8-16-35-25/h6-7,9-10,17,21-22,25,27,29-30,35,39H,1,8,11-16,18-20H2,2-5H3,(H,36,40)/t21?,22-,25+,27+,29?,30-,32+,33-,34?/m0/s1. The van der Waals surface area contributed by atoms with Crippen LogP contribution in [-0.4, -0.2) is 53.3 Å². The molecule has 9 atom stereocenters. The number of hydrogen-bond donors (Lipinski definition) is 3. The molecular weight excluding hydrogens is 548 g/mol. The number of esters is 1. The van der Waals surface area contributed by atoms with Gasteiger partial charge < -0.3 is 20.5 Å². The van der Waals surface area contributed by atoms with E-state index in [1.165, 1.54) is 11.8 Å². The summed E-state index contributed by atoms with van der Waals surface area (Å²) < 4.78 is 6.37. The Kier molecular flexibility index (Phi) is 9.00. The van der Waals surface area contributed by atoms with Crippen molar-refractivity contribution in [3.8, 4) is 0 Å². The number of aliphatic hydroxyl groups is 1. The summed E-state index contributed by atoms with van der Waals surface area (Å²) in [6.45, 7) is 13.9. The zero-order valence-electron chi connectivity index (χ0n) is 25.6. The number of rotatable bonds is 8. The van der Waals surface area contributed by atoms with Crippen LogP contribution in [0.5, 0.6) is 0 Å². The molecule has 3 saturated carbocycles. The maximum atomic E-state index is 13.6. The van der Waals surface area contributed by atoms with Gasteiger partial charge in [0.15, 0.2) is 0 Å². The van der Waals surface area contributed by atoms with Gasteiger partial charge in [-0.1, -0.05) is 45.9 Å². The lowest BCUT2D eigenvalue weighted by Gasteiger charge is -2.61. The summed E-state index contributed by atoms with van der Waals surface area (Å²) >= 11 is 1.41. The van der Waals surface area contributed by atoms with Crippen LogP contribution in [0.15, 0.2) is 41.8 Å². The van der Waals surface area contributed by atoms with Gasteiger partial charge in [-0.05, 0) is 80.0 Å². The summed E-state index contributed by atoms with van der Waals surface area (Å²) in [6, 6.07) is 7.75. The molecule has 3 N–H and O–H groups in total. The predicted molar refractivity (Wildman–Crippen MR) is 165 cm³/mol. The van der Waals surface area contributed by atoms with Crippen LogP contribution in [-0.2, 0) is 25.7 Å². The first kappa shape index (κ1) is 31.3. The Hall–Kier alpha value is -2.16. The van der Waals surface area contributed by atoms with Crippen molar-refractivity contribution in [2.45, 2.75) is 102 Å². The first-order valence-corrected chi connectivity index (χ1v) is 16.7. The summed E-state index contributed by atoms with van der Waals surface area (Å²) in [6.07, 6.45) is 6.13. The third-order valence-electron chi connectivity index (χ3n) is 11.7. The van der Waals surface area contributed by atoms with Crippen LogP contribution in [0.2, 0.25) is 0 Å². The van der Waals surface area contributed by atoms with Gasteiger partial charge in [0.2, 0.25) is 5.91 Å². The first-order valence-electron chi connectivity index (χ1n) is 15.7. The predicted octanol–water partition coefficient (Wildman–Crippen LogP) is 5.05. The minimum absolute atomic E-state index is 0.0227. The molecule has 1 heterocycles. The molecule has 4 fully saturated rings. The molecule has 7 nitrogen and oxygen atoms in total. The van der Waals surface area contributed by atoms with Crippen LogP contribution in [0.25, 0.3) is 0 Å². The number of thioether (sulfide) groups is 1. The largest absolute Gasteiger partial charge is 0.461 e. The van der Waals surface area contributed by atoms with E-state index in [0.717, 1.165) is 49.1 Å². The Morgan fingerprint density at radius 3 is 2.74 bits per heavy atom. The van der Waals surface area contributed by atoms with Gasteiger partial charge in [0.25, 0.3) is 0 Å². The molecule has 3 aliphatic carbocycles. The second-order valence-electron chi connectivity index (χ2n) is 13.9. The highest BCUT2D eigenvalue weighted by atomic mass is 32.2. The summed E-state index contributed by atoms with van der Waals surface area (Å²) in [4.78, 5) is 40.4. The van der Waals surface area contributed by atoms with Crippen LogP contribution in [0, 0.1) is 34.0 Å². The monoisotopic (exact) mass is 596 g/mol. The molecule has 2 bridgehead atoms. The van der Waals surface area contributed by atoms with Crippen LogP contribution in [0.1, 0.15) is 78.2 Å². The van der Waals surface area contributed by atoms with E-state index in [0.29, 0.717) is 19.4 Å². The van der Waals surface area contributed by atoms with Crippen molar-refractivity contribution in [3.63, 3.8) is 0 Å². The highest BCUT2D eigenvalue weighted by Crippen LogP contribution is 2.68. The summed E-state index contributed by atoms with van der Waals surface area (Å²) in [5.74, 6) is 0.0116. The molecule has 1 saturated heterocycles. The first-order chi connectivity index (χ1) is 19.9. The average Bonchev–Trinajstić information content (AvgIpc) is 3.65. The van der Waals surface area contributed by atoms with Crippen molar-refractivity contribution in [1.29, 1.82) is 0 Å². The SMILES string of the molecule is C=C[C@]1(C)C[C@@H](OC(=O)CSc2cccc(CNC(=O)[C@H]3CCCN3)c2)[C@]2(C)C(C)CCC3(CCC(=O)C32)[C@@H](C)[C@@H]1O. The lowest BCUT2D eigenvalue weighted by molar-refractivity contribution is -0.205. The Balaban J connectivity index is 1.31. The van der Waals surface area contributed by atoms with Crippen molar-refractivity contribution in [2.24, 2.45) is 34.0 Å². The van der Waals surface area contributed by atoms with E-state index >= 15 is 0 Å². The molecule has 0 aromatic heterocycles. The Morgan fingerprint density at radius 2 is 2.02 bits per heavy atom. The molecule has 0 spiro atoms. The quantitative estimate of drug-likeness (QED) is 0.219. The second kappa shape index (κ2) is 12.1. The van der Waals surface area contributed by atoms with Gasteiger partial charge in [0, 0.05) is 34.6 Å². The van der Waals surface area contributed by atoms with Gasteiger partial charge in [0.1, 0.15) is 11.9 Å². The second-order valence-corrected chi connectivity index (χ2v) is 14.9. The fraction of sp³-hybridized carbons (Fsp3) is 0.676. The lowest BCUT2D eigenvalue weighted by Crippen LogP contribution is -2.63. The van der Waals surface area contributed by atoms with Crippen LogP contribution >= 0.6 is 11.8 Å². The number of nitrogens with one attached hydrogen (secondary N) is 2. The number of carbonyl (C=O) groups excluding carboxylic acids is 3.